The standard InChI is InChI=1S/C21H19N3O2/c1-14-23-20(13-26-14)15-6-9-17(10-7-15)24-21(25)11-8-16-12-22-19-5-3-2-4-18(16)19/h2-7,9-10,12-13,22H,8,11H2,1H3,(H,24,25). The van der Waals surface area contributed by atoms with Gasteiger partial charge in [-0.25, -0.2) is 4.98 Å². The maximum Gasteiger partial charge on any atom is 0.224 e. The number of aromatic amines is 1. The highest BCUT2D eigenvalue weighted by Crippen LogP contribution is 2.22. The molecule has 2 N–H and O–H groups in total. The number of carbonyl (C=O) groups excluding carboxylic acids is 1. The zero-order valence-corrected chi connectivity index (χ0v) is 14.5. The summed E-state index contributed by atoms with van der Waals surface area (Å²) in [5, 5.41) is 4.12. The Morgan fingerprint density at radius 3 is 2.73 bits per heavy atom. The molecule has 2 heterocycles. The molecular weight excluding hydrogens is 326 g/mol. The van der Waals surface area contributed by atoms with E-state index >= 15 is 0 Å². The van der Waals surface area contributed by atoms with E-state index in [0.29, 0.717) is 18.7 Å². The number of rotatable bonds is 5. The van der Waals surface area contributed by atoms with Gasteiger partial charge in [0.05, 0.1) is 0 Å². The summed E-state index contributed by atoms with van der Waals surface area (Å²) in [4.78, 5) is 19.8. The lowest BCUT2D eigenvalue weighted by Crippen LogP contribution is -2.12. The molecule has 130 valence electrons. The van der Waals surface area contributed by atoms with Crippen molar-refractivity contribution < 1.29 is 9.21 Å². The van der Waals surface area contributed by atoms with Crippen molar-refractivity contribution in [2.45, 2.75) is 19.8 Å². The van der Waals surface area contributed by atoms with Crippen LogP contribution < -0.4 is 5.32 Å². The van der Waals surface area contributed by atoms with Crippen LogP contribution in [0.15, 0.2) is 65.4 Å². The normalized spacial score (nSPS) is 11.0. The van der Waals surface area contributed by atoms with Crippen molar-refractivity contribution in [1.82, 2.24) is 9.97 Å². The molecule has 0 atom stereocenters. The number of amides is 1. The van der Waals surface area contributed by atoms with Crippen LogP contribution in [-0.4, -0.2) is 15.9 Å². The molecule has 0 spiro atoms. The Balaban J connectivity index is 1.37. The number of anilines is 1. The van der Waals surface area contributed by atoms with Gasteiger partial charge in [-0.1, -0.05) is 30.3 Å². The minimum absolute atomic E-state index is 0.000289. The fourth-order valence-corrected chi connectivity index (χ4v) is 3.03. The first-order valence-corrected chi connectivity index (χ1v) is 8.56. The summed E-state index contributed by atoms with van der Waals surface area (Å²) >= 11 is 0. The molecule has 0 aliphatic heterocycles. The van der Waals surface area contributed by atoms with Crippen LogP contribution in [0.5, 0.6) is 0 Å². The van der Waals surface area contributed by atoms with Gasteiger partial charge in [-0.2, -0.15) is 0 Å². The Bertz CT molecular complexity index is 1040. The van der Waals surface area contributed by atoms with Crippen LogP contribution in [0.3, 0.4) is 0 Å². The van der Waals surface area contributed by atoms with Gasteiger partial charge in [-0.3, -0.25) is 4.79 Å². The highest BCUT2D eigenvalue weighted by Gasteiger charge is 2.08. The lowest BCUT2D eigenvalue weighted by atomic mass is 10.1. The maximum atomic E-state index is 12.3. The van der Waals surface area contributed by atoms with Crippen molar-refractivity contribution in [1.29, 1.82) is 0 Å². The third kappa shape index (κ3) is 3.37. The molecule has 5 heteroatoms. The Hall–Kier alpha value is -3.34. The van der Waals surface area contributed by atoms with E-state index in [1.165, 1.54) is 5.39 Å². The number of aryl methyl sites for hydroxylation is 2. The summed E-state index contributed by atoms with van der Waals surface area (Å²) in [5.41, 5.74) is 4.78. The Kier molecular flexibility index (Phi) is 4.27. The van der Waals surface area contributed by atoms with Crippen molar-refractivity contribution in [2.24, 2.45) is 0 Å². The predicted octanol–water partition coefficient (Wildman–Crippen LogP) is 4.70. The van der Waals surface area contributed by atoms with E-state index in [1.54, 1.807) is 6.26 Å². The molecule has 26 heavy (non-hydrogen) atoms. The van der Waals surface area contributed by atoms with E-state index in [0.717, 1.165) is 28.0 Å². The topological polar surface area (TPSA) is 70.9 Å². The number of carbonyl (C=O) groups is 1. The minimum atomic E-state index is 0.000289. The van der Waals surface area contributed by atoms with Crippen LogP contribution in [0.1, 0.15) is 17.9 Å². The van der Waals surface area contributed by atoms with Gasteiger partial charge in [0.15, 0.2) is 5.89 Å². The van der Waals surface area contributed by atoms with E-state index in [-0.39, 0.29) is 5.91 Å². The van der Waals surface area contributed by atoms with Crippen LogP contribution in [-0.2, 0) is 11.2 Å². The molecule has 4 rings (SSSR count). The zero-order valence-electron chi connectivity index (χ0n) is 14.5. The molecular formula is C21H19N3O2. The van der Waals surface area contributed by atoms with Crippen molar-refractivity contribution in [2.75, 3.05) is 5.32 Å². The van der Waals surface area contributed by atoms with Crippen LogP contribution in [0, 0.1) is 6.92 Å². The van der Waals surface area contributed by atoms with E-state index in [1.807, 2.05) is 55.6 Å². The number of nitrogens with zero attached hydrogens (tertiary/aromatic N) is 1. The Morgan fingerprint density at radius 1 is 1.15 bits per heavy atom. The van der Waals surface area contributed by atoms with Crippen LogP contribution in [0.25, 0.3) is 22.2 Å². The van der Waals surface area contributed by atoms with Crippen LogP contribution >= 0.6 is 0 Å². The van der Waals surface area contributed by atoms with Crippen molar-refractivity contribution in [3.63, 3.8) is 0 Å². The highest BCUT2D eigenvalue weighted by atomic mass is 16.3. The fraction of sp³-hybridized carbons (Fsp3) is 0.143. The third-order valence-corrected chi connectivity index (χ3v) is 4.38. The largest absolute Gasteiger partial charge is 0.449 e. The second-order valence-corrected chi connectivity index (χ2v) is 6.24. The summed E-state index contributed by atoms with van der Waals surface area (Å²) < 4.78 is 5.23. The van der Waals surface area contributed by atoms with Crippen LogP contribution in [0.2, 0.25) is 0 Å². The minimum Gasteiger partial charge on any atom is -0.449 e. The zero-order chi connectivity index (χ0) is 17.9. The van der Waals surface area contributed by atoms with Gasteiger partial charge in [-0.05, 0) is 30.2 Å². The quantitative estimate of drug-likeness (QED) is 0.550. The Labute approximate surface area is 151 Å². The number of hydrogen-bond acceptors (Lipinski definition) is 3. The van der Waals surface area contributed by atoms with Gasteiger partial charge in [0.1, 0.15) is 12.0 Å². The van der Waals surface area contributed by atoms with Gasteiger partial charge in [0.2, 0.25) is 5.91 Å². The number of fused-ring (bicyclic) bond motifs is 1. The monoisotopic (exact) mass is 345 g/mol. The fourth-order valence-electron chi connectivity index (χ4n) is 3.03. The molecule has 0 saturated carbocycles. The van der Waals surface area contributed by atoms with Gasteiger partial charge < -0.3 is 14.7 Å². The van der Waals surface area contributed by atoms with E-state index in [2.05, 4.69) is 21.4 Å². The first kappa shape index (κ1) is 16.1. The van der Waals surface area contributed by atoms with E-state index in [9.17, 15) is 4.79 Å². The number of nitrogens with one attached hydrogen (secondary N) is 2. The lowest BCUT2D eigenvalue weighted by molar-refractivity contribution is -0.116. The average molecular weight is 345 g/mol. The highest BCUT2D eigenvalue weighted by molar-refractivity contribution is 5.91. The maximum absolute atomic E-state index is 12.3. The number of benzene rings is 2. The van der Waals surface area contributed by atoms with E-state index in [4.69, 9.17) is 4.42 Å². The Morgan fingerprint density at radius 2 is 1.96 bits per heavy atom. The summed E-state index contributed by atoms with van der Waals surface area (Å²) in [6.07, 6.45) is 4.75. The molecule has 0 fully saturated rings. The lowest BCUT2D eigenvalue weighted by Gasteiger charge is -2.06. The molecule has 0 unspecified atom stereocenters. The average Bonchev–Trinajstić information content (AvgIpc) is 3.27. The van der Waals surface area contributed by atoms with Gasteiger partial charge in [-0.15, -0.1) is 0 Å². The summed E-state index contributed by atoms with van der Waals surface area (Å²) in [6, 6.07) is 15.7. The van der Waals surface area contributed by atoms with Gasteiger partial charge >= 0.3 is 0 Å². The van der Waals surface area contributed by atoms with Gasteiger partial charge in [0, 0.05) is 41.7 Å². The molecule has 5 nitrogen and oxygen atoms in total. The molecule has 0 radical (unpaired) electrons. The number of hydrogen-bond donors (Lipinski definition) is 2. The molecule has 2 aromatic carbocycles. The van der Waals surface area contributed by atoms with Crippen molar-refractivity contribution in [3.8, 4) is 11.3 Å². The number of oxazole rings is 1. The van der Waals surface area contributed by atoms with Crippen molar-refractivity contribution >= 4 is 22.5 Å². The molecule has 2 aromatic heterocycles. The molecule has 1 amide bonds. The summed E-state index contributed by atoms with van der Waals surface area (Å²) in [6.45, 7) is 1.81. The molecule has 0 aliphatic rings. The van der Waals surface area contributed by atoms with E-state index < -0.39 is 0 Å². The van der Waals surface area contributed by atoms with Crippen LogP contribution in [0.4, 0.5) is 5.69 Å². The molecule has 0 bridgehead atoms. The predicted molar refractivity (Wildman–Crippen MR) is 102 cm³/mol. The molecule has 0 aliphatic carbocycles. The smallest absolute Gasteiger partial charge is 0.224 e. The first-order chi connectivity index (χ1) is 12.7. The van der Waals surface area contributed by atoms with Gasteiger partial charge in [0.25, 0.3) is 0 Å². The number of para-hydroxylation sites is 1. The molecule has 0 saturated heterocycles. The first-order valence-electron chi connectivity index (χ1n) is 8.56. The number of H-pyrrole nitrogens is 1. The number of aromatic nitrogens is 2. The third-order valence-electron chi connectivity index (χ3n) is 4.38. The second-order valence-electron chi connectivity index (χ2n) is 6.24. The summed E-state index contributed by atoms with van der Waals surface area (Å²) in [5.74, 6) is 0.634. The van der Waals surface area contributed by atoms with Crippen molar-refractivity contribution in [3.05, 3.63) is 72.4 Å². The summed E-state index contributed by atoms with van der Waals surface area (Å²) in [7, 11) is 0. The SMILES string of the molecule is Cc1nc(-c2ccc(NC(=O)CCc3c[nH]c4ccccc34)cc2)co1. The molecule has 4 aromatic rings. The second kappa shape index (κ2) is 6.88.